The van der Waals surface area contributed by atoms with Gasteiger partial charge in [0.05, 0.1) is 21.3 Å². The van der Waals surface area contributed by atoms with E-state index < -0.39 is 34.7 Å². The van der Waals surface area contributed by atoms with Gasteiger partial charge in [-0.05, 0) is 43.3 Å². The number of benzene rings is 2. The SMILES string of the molecule is CC[S@](=O)c1ccccc1C(=O)O[C@@H](C)C(=O)Nc1ccc(C(N)=O)cc1. The predicted molar refractivity (Wildman–Crippen MR) is 102 cm³/mol. The molecule has 27 heavy (non-hydrogen) atoms. The number of primary amides is 1. The van der Waals surface area contributed by atoms with Crippen LogP contribution in [0.2, 0.25) is 0 Å². The highest BCUT2D eigenvalue weighted by molar-refractivity contribution is 7.85. The molecule has 0 aliphatic rings. The van der Waals surface area contributed by atoms with Gasteiger partial charge in [0.1, 0.15) is 0 Å². The zero-order valence-electron chi connectivity index (χ0n) is 14.9. The molecule has 0 saturated heterocycles. The van der Waals surface area contributed by atoms with Gasteiger partial charge in [0.25, 0.3) is 5.91 Å². The van der Waals surface area contributed by atoms with Gasteiger partial charge in [0.15, 0.2) is 6.10 Å². The maximum Gasteiger partial charge on any atom is 0.340 e. The largest absolute Gasteiger partial charge is 0.449 e. The van der Waals surface area contributed by atoms with Gasteiger partial charge in [0.2, 0.25) is 5.91 Å². The molecule has 0 fully saturated rings. The number of nitrogens with one attached hydrogen (secondary N) is 1. The van der Waals surface area contributed by atoms with E-state index in [1.807, 2.05) is 0 Å². The summed E-state index contributed by atoms with van der Waals surface area (Å²) in [6.07, 6.45) is -1.07. The number of amides is 2. The number of hydrogen-bond acceptors (Lipinski definition) is 5. The Morgan fingerprint density at radius 2 is 1.74 bits per heavy atom. The molecule has 0 aliphatic carbocycles. The summed E-state index contributed by atoms with van der Waals surface area (Å²) in [4.78, 5) is 36.0. The summed E-state index contributed by atoms with van der Waals surface area (Å²) < 4.78 is 17.3. The van der Waals surface area contributed by atoms with E-state index in [1.54, 1.807) is 25.1 Å². The zero-order chi connectivity index (χ0) is 20.0. The third kappa shape index (κ3) is 5.24. The number of ether oxygens (including phenoxy) is 1. The lowest BCUT2D eigenvalue weighted by Gasteiger charge is -2.15. The first kappa shape index (κ1) is 20.3. The third-order valence-electron chi connectivity index (χ3n) is 3.70. The van der Waals surface area contributed by atoms with Crippen molar-refractivity contribution in [1.82, 2.24) is 0 Å². The predicted octanol–water partition coefficient (Wildman–Crippen LogP) is 2.10. The van der Waals surface area contributed by atoms with E-state index in [-0.39, 0.29) is 5.56 Å². The number of esters is 1. The second kappa shape index (κ2) is 9.09. The molecule has 0 saturated carbocycles. The van der Waals surface area contributed by atoms with Crippen molar-refractivity contribution in [3.05, 3.63) is 59.7 Å². The second-order valence-electron chi connectivity index (χ2n) is 5.61. The number of carbonyl (C=O) groups excluding carboxylic acids is 3. The Kier molecular flexibility index (Phi) is 6.84. The first-order chi connectivity index (χ1) is 12.8. The minimum Gasteiger partial charge on any atom is -0.449 e. The summed E-state index contributed by atoms with van der Waals surface area (Å²) in [5, 5.41) is 2.58. The molecule has 0 unspecified atom stereocenters. The lowest BCUT2D eigenvalue weighted by atomic mass is 10.2. The lowest BCUT2D eigenvalue weighted by molar-refractivity contribution is -0.123. The first-order valence-electron chi connectivity index (χ1n) is 8.22. The average molecular weight is 388 g/mol. The minimum atomic E-state index is -1.32. The fourth-order valence-electron chi connectivity index (χ4n) is 2.23. The van der Waals surface area contributed by atoms with Crippen LogP contribution in [-0.4, -0.2) is 33.8 Å². The second-order valence-corrected chi connectivity index (χ2v) is 7.32. The van der Waals surface area contributed by atoms with Crippen molar-refractivity contribution in [2.75, 3.05) is 11.1 Å². The number of carbonyl (C=O) groups is 3. The van der Waals surface area contributed by atoms with Crippen LogP contribution in [0.3, 0.4) is 0 Å². The summed E-state index contributed by atoms with van der Waals surface area (Å²) in [7, 11) is -1.32. The van der Waals surface area contributed by atoms with Gasteiger partial charge in [-0.25, -0.2) is 4.79 Å². The van der Waals surface area contributed by atoms with Crippen LogP contribution < -0.4 is 11.1 Å². The molecular weight excluding hydrogens is 368 g/mol. The van der Waals surface area contributed by atoms with Gasteiger partial charge in [-0.15, -0.1) is 0 Å². The fraction of sp³-hybridized carbons (Fsp3) is 0.211. The standard InChI is InChI=1S/C19H20N2O5S/c1-3-27(25)16-7-5-4-6-15(16)19(24)26-12(2)18(23)21-14-10-8-13(9-11-14)17(20)22/h4-12H,3H2,1-2H3,(H2,20,22)(H,21,23)/t12-,27-/m0/s1. The highest BCUT2D eigenvalue weighted by atomic mass is 32.2. The van der Waals surface area contributed by atoms with Crippen molar-refractivity contribution in [3.63, 3.8) is 0 Å². The maximum atomic E-state index is 12.4. The number of nitrogens with two attached hydrogens (primary N) is 1. The van der Waals surface area contributed by atoms with E-state index in [0.29, 0.717) is 21.9 Å². The summed E-state index contributed by atoms with van der Waals surface area (Å²) in [5.74, 6) is -1.47. The Hall–Kier alpha value is -3.00. The van der Waals surface area contributed by atoms with Crippen molar-refractivity contribution in [3.8, 4) is 0 Å². The third-order valence-corrected chi connectivity index (χ3v) is 5.08. The number of rotatable bonds is 7. The average Bonchev–Trinajstić information content (AvgIpc) is 2.67. The van der Waals surface area contributed by atoms with Crippen molar-refractivity contribution in [2.45, 2.75) is 24.8 Å². The van der Waals surface area contributed by atoms with Crippen LogP contribution in [0.4, 0.5) is 5.69 Å². The van der Waals surface area contributed by atoms with Crippen molar-refractivity contribution < 1.29 is 23.3 Å². The molecule has 0 spiro atoms. The van der Waals surface area contributed by atoms with Crippen LogP contribution in [0, 0.1) is 0 Å². The van der Waals surface area contributed by atoms with Gasteiger partial charge < -0.3 is 15.8 Å². The van der Waals surface area contributed by atoms with Crippen LogP contribution >= 0.6 is 0 Å². The molecule has 0 bridgehead atoms. The van der Waals surface area contributed by atoms with Crippen molar-refractivity contribution in [1.29, 1.82) is 0 Å². The van der Waals surface area contributed by atoms with Gasteiger partial charge in [-0.2, -0.15) is 0 Å². The molecule has 3 N–H and O–H groups in total. The molecule has 2 amide bonds. The Labute approximate surface area is 159 Å². The molecule has 2 rings (SSSR count). The summed E-state index contributed by atoms with van der Waals surface area (Å²) in [6.45, 7) is 3.18. The Morgan fingerprint density at radius 1 is 1.11 bits per heavy atom. The molecule has 0 radical (unpaired) electrons. The highest BCUT2D eigenvalue weighted by Crippen LogP contribution is 2.16. The van der Waals surface area contributed by atoms with Crippen LogP contribution in [-0.2, 0) is 20.3 Å². The Morgan fingerprint density at radius 3 is 2.33 bits per heavy atom. The smallest absolute Gasteiger partial charge is 0.340 e. The van der Waals surface area contributed by atoms with Gasteiger partial charge in [-0.1, -0.05) is 19.1 Å². The molecule has 8 heteroatoms. The number of hydrogen-bond donors (Lipinski definition) is 2. The number of anilines is 1. The molecule has 0 heterocycles. The van der Waals surface area contributed by atoms with Crippen LogP contribution in [0.15, 0.2) is 53.4 Å². The molecule has 2 atom stereocenters. The van der Waals surface area contributed by atoms with Crippen molar-refractivity contribution in [2.24, 2.45) is 5.73 Å². The summed E-state index contributed by atoms with van der Waals surface area (Å²) in [5.41, 5.74) is 6.07. The molecule has 2 aromatic rings. The van der Waals surface area contributed by atoms with Crippen LogP contribution in [0.1, 0.15) is 34.6 Å². The van der Waals surface area contributed by atoms with Crippen LogP contribution in [0.25, 0.3) is 0 Å². The normalized spacial score (nSPS) is 12.7. The molecular formula is C19H20N2O5S. The van der Waals surface area contributed by atoms with E-state index in [9.17, 15) is 18.6 Å². The molecule has 2 aromatic carbocycles. The van der Waals surface area contributed by atoms with Gasteiger partial charge in [0, 0.05) is 17.0 Å². The highest BCUT2D eigenvalue weighted by Gasteiger charge is 2.22. The van der Waals surface area contributed by atoms with E-state index in [0.717, 1.165) is 0 Å². The summed E-state index contributed by atoms with van der Waals surface area (Å²) >= 11 is 0. The Balaban J connectivity index is 2.05. The van der Waals surface area contributed by atoms with E-state index in [1.165, 1.54) is 37.3 Å². The minimum absolute atomic E-state index is 0.170. The van der Waals surface area contributed by atoms with E-state index >= 15 is 0 Å². The first-order valence-corrected chi connectivity index (χ1v) is 9.54. The lowest BCUT2D eigenvalue weighted by Crippen LogP contribution is -2.30. The van der Waals surface area contributed by atoms with E-state index in [2.05, 4.69) is 5.32 Å². The fourth-order valence-corrected chi connectivity index (χ4v) is 3.17. The molecule has 142 valence electrons. The monoisotopic (exact) mass is 388 g/mol. The van der Waals surface area contributed by atoms with Gasteiger partial charge >= 0.3 is 5.97 Å². The molecule has 0 aliphatic heterocycles. The maximum absolute atomic E-state index is 12.4. The van der Waals surface area contributed by atoms with Crippen molar-refractivity contribution >= 4 is 34.3 Å². The summed E-state index contributed by atoms with van der Waals surface area (Å²) in [6, 6.07) is 12.4. The van der Waals surface area contributed by atoms with Crippen LogP contribution in [0.5, 0.6) is 0 Å². The Bertz CT molecular complexity index is 880. The topological polar surface area (TPSA) is 116 Å². The molecule has 0 aromatic heterocycles. The molecule has 7 nitrogen and oxygen atoms in total. The van der Waals surface area contributed by atoms with E-state index in [4.69, 9.17) is 10.5 Å². The zero-order valence-corrected chi connectivity index (χ0v) is 15.7. The quantitative estimate of drug-likeness (QED) is 0.705. The van der Waals surface area contributed by atoms with Gasteiger partial charge in [-0.3, -0.25) is 13.8 Å².